The van der Waals surface area contributed by atoms with Gasteiger partial charge in [-0.1, -0.05) is 55.8 Å². The lowest BCUT2D eigenvalue weighted by Gasteiger charge is -2.52. The van der Waals surface area contributed by atoms with Crippen molar-refractivity contribution in [3.63, 3.8) is 0 Å². The first-order valence-corrected chi connectivity index (χ1v) is 14.7. The fraction of sp³-hybridized carbons (Fsp3) is 0.448. The van der Waals surface area contributed by atoms with Crippen LogP contribution < -0.4 is 9.64 Å². The molecule has 5 rings (SSSR count). The lowest BCUT2D eigenvalue weighted by molar-refractivity contribution is 0.0440. The SMILES string of the molecule is Cc1ccc(C(C)(C)c2ccc(OCc3ccnc(N4CCC5(CC4)CN(S(C)(=O)=O)C5)n3)cc2)cc1. The summed E-state index contributed by atoms with van der Waals surface area (Å²) < 4.78 is 31.1. The third-order valence-corrected chi connectivity index (χ3v) is 9.23. The highest BCUT2D eigenvalue weighted by Crippen LogP contribution is 2.42. The third kappa shape index (κ3) is 5.50. The normalized spacial score (nSPS) is 18.0. The number of benzene rings is 2. The zero-order valence-electron chi connectivity index (χ0n) is 22.1. The predicted octanol–water partition coefficient (Wildman–Crippen LogP) is 4.55. The molecule has 0 unspecified atom stereocenters. The van der Waals surface area contributed by atoms with Gasteiger partial charge in [0.15, 0.2) is 0 Å². The van der Waals surface area contributed by atoms with Gasteiger partial charge in [0.2, 0.25) is 16.0 Å². The number of rotatable bonds is 7. The lowest BCUT2D eigenvalue weighted by atomic mass is 9.73. The first kappa shape index (κ1) is 25.7. The summed E-state index contributed by atoms with van der Waals surface area (Å²) in [5.41, 5.74) is 4.64. The van der Waals surface area contributed by atoms with E-state index in [4.69, 9.17) is 9.72 Å². The van der Waals surface area contributed by atoms with Gasteiger partial charge in [0.05, 0.1) is 11.9 Å². The van der Waals surface area contributed by atoms with E-state index in [0.717, 1.165) is 37.4 Å². The molecular formula is C29H36N4O3S. The number of hydrogen-bond acceptors (Lipinski definition) is 6. The Hall–Kier alpha value is -2.97. The summed E-state index contributed by atoms with van der Waals surface area (Å²) in [6.45, 7) is 9.90. The van der Waals surface area contributed by atoms with Gasteiger partial charge in [-0.25, -0.2) is 22.7 Å². The van der Waals surface area contributed by atoms with Crippen molar-refractivity contribution in [2.75, 3.05) is 37.3 Å². The van der Waals surface area contributed by atoms with Crippen molar-refractivity contribution in [2.45, 2.75) is 45.6 Å². The Balaban J connectivity index is 1.17. The quantitative estimate of drug-likeness (QED) is 0.455. The van der Waals surface area contributed by atoms with Crippen LogP contribution in [0.2, 0.25) is 0 Å². The highest BCUT2D eigenvalue weighted by molar-refractivity contribution is 7.88. The molecule has 0 aliphatic carbocycles. The van der Waals surface area contributed by atoms with Crippen LogP contribution in [0, 0.1) is 12.3 Å². The standard InChI is InChI=1S/C29H36N4O3S/c1-22-5-7-23(8-6-22)28(2,3)24-9-11-26(12-10-24)36-19-25-13-16-30-27(31-25)32-17-14-29(15-18-32)20-33(21-29)37(4,34)35/h5-13,16H,14-15,17-21H2,1-4H3. The number of aromatic nitrogens is 2. The van der Waals surface area contributed by atoms with E-state index in [1.54, 1.807) is 10.5 Å². The van der Waals surface area contributed by atoms with E-state index in [0.29, 0.717) is 25.6 Å². The Morgan fingerprint density at radius 3 is 2.14 bits per heavy atom. The van der Waals surface area contributed by atoms with Gasteiger partial charge >= 0.3 is 0 Å². The van der Waals surface area contributed by atoms with Crippen LogP contribution in [0.15, 0.2) is 60.8 Å². The van der Waals surface area contributed by atoms with Gasteiger partial charge < -0.3 is 9.64 Å². The molecule has 2 aliphatic heterocycles. The van der Waals surface area contributed by atoms with Crippen LogP contribution in [-0.2, 0) is 22.0 Å². The molecule has 0 amide bonds. The molecule has 0 radical (unpaired) electrons. The molecule has 2 saturated heterocycles. The Labute approximate surface area is 220 Å². The molecule has 2 fully saturated rings. The second kappa shape index (κ2) is 9.72. The Morgan fingerprint density at radius 2 is 1.54 bits per heavy atom. The summed E-state index contributed by atoms with van der Waals surface area (Å²) in [6.07, 6.45) is 4.98. The van der Waals surface area contributed by atoms with Gasteiger partial charge in [-0.15, -0.1) is 0 Å². The van der Waals surface area contributed by atoms with Gasteiger partial charge in [-0.05, 0) is 49.1 Å². The fourth-order valence-electron chi connectivity index (χ4n) is 5.31. The Morgan fingerprint density at radius 1 is 0.946 bits per heavy atom. The minimum Gasteiger partial charge on any atom is -0.487 e. The van der Waals surface area contributed by atoms with E-state index in [2.05, 4.69) is 67.1 Å². The summed E-state index contributed by atoms with van der Waals surface area (Å²) >= 11 is 0. The van der Waals surface area contributed by atoms with E-state index >= 15 is 0 Å². The maximum Gasteiger partial charge on any atom is 0.225 e. The lowest BCUT2D eigenvalue weighted by Crippen LogP contribution is -2.61. The van der Waals surface area contributed by atoms with Crippen molar-refractivity contribution in [1.82, 2.24) is 14.3 Å². The molecule has 0 saturated carbocycles. The summed E-state index contributed by atoms with van der Waals surface area (Å²) in [7, 11) is -3.09. The molecule has 1 aromatic heterocycles. The van der Waals surface area contributed by atoms with E-state index in [9.17, 15) is 8.42 Å². The Bertz CT molecular complexity index is 1340. The summed E-state index contributed by atoms with van der Waals surface area (Å²) in [4.78, 5) is 11.4. The van der Waals surface area contributed by atoms with Crippen LogP contribution >= 0.6 is 0 Å². The molecule has 3 heterocycles. The zero-order valence-corrected chi connectivity index (χ0v) is 23.0. The van der Waals surface area contributed by atoms with Crippen LogP contribution in [-0.4, -0.2) is 55.1 Å². The van der Waals surface area contributed by atoms with Crippen molar-refractivity contribution in [1.29, 1.82) is 0 Å². The number of hydrogen-bond donors (Lipinski definition) is 0. The maximum absolute atomic E-state index is 11.7. The number of anilines is 1. The fourth-order valence-corrected chi connectivity index (χ4v) is 6.33. The van der Waals surface area contributed by atoms with Gasteiger partial charge in [-0.3, -0.25) is 0 Å². The van der Waals surface area contributed by atoms with Crippen molar-refractivity contribution >= 4 is 16.0 Å². The first-order valence-electron chi connectivity index (χ1n) is 12.9. The molecule has 0 atom stereocenters. The second-order valence-corrected chi connectivity index (χ2v) is 13.2. The molecule has 0 N–H and O–H groups in total. The molecule has 2 aromatic carbocycles. The average Bonchev–Trinajstić information content (AvgIpc) is 2.86. The molecule has 0 bridgehead atoms. The predicted molar refractivity (Wildman–Crippen MR) is 146 cm³/mol. The first-order chi connectivity index (χ1) is 17.5. The van der Waals surface area contributed by atoms with Crippen molar-refractivity contribution in [3.8, 4) is 5.75 Å². The summed E-state index contributed by atoms with van der Waals surface area (Å²) in [6, 6.07) is 18.9. The summed E-state index contributed by atoms with van der Waals surface area (Å²) in [5.74, 6) is 1.52. The maximum atomic E-state index is 11.7. The molecule has 37 heavy (non-hydrogen) atoms. The van der Waals surface area contributed by atoms with Gasteiger partial charge in [-0.2, -0.15) is 0 Å². The van der Waals surface area contributed by atoms with E-state index in [-0.39, 0.29) is 10.8 Å². The molecule has 1 spiro atoms. The van der Waals surface area contributed by atoms with Crippen molar-refractivity contribution in [2.24, 2.45) is 5.41 Å². The molecule has 2 aliphatic rings. The van der Waals surface area contributed by atoms with Gasteiger partial charge in [0, 0.05) is 43.2 Å². The monoisotopic (exact) mass is 520 g/mol. The van der Waals surface area contributed by atoms with Crippen LogP contribution in [0.3, 0.4) is 0 Å². The zero-order chi connectivity index (χ0) is 26.3. The topological polar surface area (TPSA) is 75.6 Å². The third-order valence-electron chi connectivity index (χ3n) is 8.04. The van der Waals surface area contributed by atoms with Crippen LogP contribution in [0.1, 0.15) is 49.1 Å². The minimum atomic E-state index is -3.09. The number of aryl methyl sites for hydroxylation is 1. The molecule has 3 aromatic rings. The highest BCUT2D eigenvalue weighted by Gasteiger charge is 2.48. The van der Waals surface area contributed by atoms with Gasteiger partial charge in [0.25, 0.3) is 0 Å². The van der Waals surface area contributed by atoms with Crippen LogP contribution in [0.4, 0.5) is 5.95 Å². The van der Waals surface area contributed by atoms with Crippen LogP contribution in [0.25, 0.3) is 0 Å². The summed E-state index contributed by atoms with van der Waals surface area (Å²) in [5, 5.41) is 0. The minimum absolute atomic E-state index is 0.0939. The Kier molecular flexibility index (Phi) is 6.75. The van der Waals surface area contributed by atoms with Crippen molar-refractivity contribution < 1.29 is 13.2 Å². The average molecular weight is 521 g/mol. The molecule has 8 heteroatoms. The van der Waals surface area contributed by atoms with E-state index in [1.165, 1.54) is 22.9 Å². The largest absolute Gasteiger partial charge is 0.487 e. The molecule has 7 nitrogen and oxygen atoms in total. The van der Waals surface area contributed by atoms with E-state index in [1.807, 2.05) is 18.2 Å². The van der Waals surface area contributed by atoms with Crippen molar-refractivity contribution in [3.05, 3.63) is 83.2 Å². The smallest absolute Gasteiger partial charge is 0.225 e. The number of ether oxygens (including phenoxy) is 1. The number of nitrogens with zero attached hydrogens (tertiary/aromatic N) is 4. The molecule has 196 valence electrons. The van der Waals surface area contributed by atoms with Gasteiger partial charge in [0.1, 0.15) is 12.4 Å². The highest BCUT2D eigenvalue weighted by atomic mass is 32.2. The number of sulfonamides is 1. The van der Waals surface area contributed by atoms with Crippen LogP contribution in [0.5, 0.6) is 5.75 Å². The molecular weight excluding hydrogens is 484 g/mol. The second-order valence-electron chi connectivity index (χ2n) is 11.2. The number of piperidine rings is 1. The van der Waals surface area contributed by atoms with E-state index < -0.39 is 10.0 Å².